The van der Waals surface area contributed by atoms with Crippen LogP contribution in [0.4, 0.5) is 5.69 Å². The highest BCUT2D eigenvalue weighted by molar-refractivity contribution is 5.94. The summed E-state index contributed by atoms with van der Waals surface area (Å²) in [6, 6.07) is 12.1. The van der Waals surface area contributed by atoms with Crippen molar-refractivity contribution in [1.29, 1.82) is 0 Å². The molecule has 0 fully saturated rings. The van der Waals surface area contributed by atoms with Gasteiger partial charge in [0, 0.05) is 23.1 Å². The van der Waals surface area contributed by atoms with Crippen molar-refractivity contribution in [1.82, 2.24) is 9.97 Å². The third-order valence-electron chi connectivity index (χ3n) is 3.69. The quantitative estimate of drug-likeness (QED) is 0.513. The van der Waals surface area contributed by atoms with Crippen LogP contribution in [-0.4, -0.2) is 22.0 Å². The normalized spacial score (nSPS) is 10.5. The van der Waals surface area contributed by atoms with Crippen molar-refractivity contribution in [2.45, 2.75) is 13.8 Å². The maximum Gasteiger partial charge on any atom is 0.270 e. The Hall–Kier alpha value is -3.28. The summed E-state index contributed by atoms with van der Waals surface area (Å²) in [5.41, 5.74) is 3.25. The van der Waals surface area contributed by atoms with E-state index in [4.69, 9.17) is 4.74 Å². The van der Waals surface area contributed by atoms with Gasteiger partial charge in [-0.3, -0.25) is 10.1 Å². The molecule has 3 aromatic rings. The first-order valence-electron chi connectivity index (χ1n) is 7.73. The van der Waals surface area contributed by atoms with Crippen LogP contribution in [-0.2, 0) is 0 Å². The second-order valence-corrected chi connectivity index (χ2v) is 5.84. The molecule has 0 saturated carbocycles. The topological polar surface area (TPSA) is 78.2 Å². The Balaban J connectivity index is 2.28. The predicted octanol–water partition coefficient (Wildman–Crippen LogP) is 4.64. The standard InChI is InChI=1S/C19H17N3O3/c1-12(2)10-18-20-17-9-6-14(22(23)24)11-16(17)19(21-18)13-4-7-15(25-3)8-5-13/h4-11H,1-3H3. The van der Waals surface area contributed by atoms with E-state index < -0.39 is 4.92 Å². The fourth-order valence-electron chi connectivity index (χ4n) is 2.54. The van der Waals surface area contributed by atoms with Crippen LogP contribution in [0.5, 0.6) is 5.75 Å². The van der Waals surface area contributed by atoms with Crippen molar-refractivity contribution in [3.8, 4) is 17.0 Å². The number of non-ortho nitro benzene ring substituents is 1. The zero-order valence-electron chi connectivity index (χ0n) is 14.2. The summed E-state index contributed by atoms with van der Waals surface area (Å²) in [5.74, 6) is 1.31. The molecule has 0 radical (unpaired) electrons. The zero-order chi connectivity index (χ0) is 18.0. The average Bonchev–Trinajstić information content (AvgIpc) is 2.60. The van der Waals surface area contributed by atoms with Crippen molar-refractivity contribution >= 4 is 22.7 Å². The van der Waals surface area contributed by atoms with Gasteiger partial charge in [0.2, 0.25) is 0 Å². The van der Waals surface area contributed by atoms with E-state index in [2.05, 4.69) is 9.97 Å². The van der Waals surface area contributed by atoms with E-state index in [1.165, 1.54) is 12.1 Å². The molecule has 2 aromatic carbocycles. The number of rotatable bonds is 4. The maximum absolute atomic E-state index is 11.1. The first kappa shape index (κ1) is 16.6. The third-order valence-corrected chi connectivity index (χ3v) is 3.69. The van der Waals surface area contributed by atoms with E-state index in [1.807, 2.05) is 44.2 Å². The monoisotopic (exact) mass is 335 g/mol. The number of hydrogen-bond donors (Lipinski definition) is 0. The van der Waals surface area contributed by atoms with Crippen LogP contribution in [0.3, 0.4) is 0 Å². The molecule has 0 saturated heterocycles. The molecule has 1 aromatic heterocycles. The number of benzene rings is 2. The Labute approximate surface area is 145 Å². The van der Waals surface area contributed by atoms with Gasteiger partial charge < -0.3 is 4.74 Å². The van der Waals surface area contributed by atoms with Gasteiger partial charge in [-0.25, -0.2) is 9.97 Å². The highest BCUT2D eigenvalue weighted by Crippen LogP contribution is 2.30. The molecule has 0 aliphatic heterocycles. The minimum Gasteiger partial charge on any atom is -0.497 e. The molecule has 6 nitrogen and oxygen atoms in total. The number of allylic oxidation sites excluding steroid dienone is 1. The lowest BCUT2D eigenvalue weighted by Gasteiger charge is -2.08. The molecule has 0 bridgehead atoms. The van der Waals surface area contributed by atoms with Crippen LogP contribution in [0.25, 0.3) is 28.2 Å². The number of aromatic nitrogens is 2. The maximum atomic E-state index is 11.1. The minimum absolute atomic E-state index is 0.0147. The van der Waals surface area contributed by atoms with Gasteiger partial charge in [0.05, 0.1) is 23.2 Å². The molecule has 3 rings (SSSR count). The molecule has 6 heteroatoms. The highest BCUT2D eigenvalue weighted by Gasteiger charge is 2.14. The Bertz CT molecular complexity index is 975. The SMILES string of the molecule is COc1ccc(-c2nc(C=C(C)C)nc3ccc([N+](=O)[O-])cc23)cc1. The number of ether oxygens (including phenoxy) is 1. The summed E-state index contributed by atoms with van der Waals surface area (Å²) in [4.78, 5) is 19.8. The second-order valence-electron chi connectivity index (χ2n) is 5.84. The number of methoxy groups -OCH3 is 1. The van der Waals surface area contributed by atoms with Crippen LogP contribution in [0.15, 0.2) is 48.0 Å². The third kappa shape index (κ3) is 3.47. The molecule has 126 valence electrons. The van der Waals surface area contributed by atoms with Crippen LogP contribution < -0.4 is 4.74 Å². The Morgan fingerprint density at radius 1 is 1.12 bits per heavy atom. The molecule has 0 unspecified atom stereocenters. The molecule has 0 N–H and O–H groups in total. The van der Waals surface area contributed by atoms with Crippen molar-refractivity contribution in [2.24, 2.45) is 0 Å². The lowest BCUT2D eigenvalue weighted by atomic mass is 10.1. The van der Waals surface area contributed by atoms with Gasteiger partial charge in [-0.05, 0) is 50.3 Å². The predicted molar refractivity (Wildman–Crippen MR) is 97.5 cm³/mol. The summed E-state index contributed by atoms with van der Waals surface area (Å²) in [7, 11) is 1.60. The van der Waals surface area contributed by atoms with Gasteiger partial charge in [0.1, 0.15) is 5.75 Å². The van der Waals surface area contributed by atoms with Gasteiger partial charge in [-0.2, -0.15) is 0 Å². The molecular formula is C19H17N3O3. The number of fused-ring (bicyclic) bond motifs is 1. The number of nitrogens with zero attached hydrogens (tertiary/aromatic N) is 3. The molecule has 0 spiro atoms. The molecular weight excluding hydrogens is 318 g/mol. The van der Waals surface area contributed by atoms with Gasteiger partial charge in [-0.1, -0.05) is 5.57 Å². The molecule has 0 aliphatic rings. The molecule has 25 heavy (non-hydrogen) atoms. The summed E-state index contributed by atoms with van der Waals surface area (Å²) in [6.45, 7) is 3.94. The Kier molecular flexibility index (Phi) is 4.43. The van der Waals surface area contributed by atoms with Gasteiger partial charge in [0.25, 0.3) is 5.69 Å². The minimum atomic E-state index is -0.415. The van der Waals surface area contributed by atoms with E-state index >= 15 is 0 Å². The summed E-state index contributed by atoms with van der Waals surface area (Å²) < 4.78 is 5.19. The van der Waals surface area contributed by atoms with Crippen LogP contribution >= 0.6 is 0 Å². The fraction of sp³-hybridized carbons (Fsp3) is 0.158. The van der Waals surface area contributed by atoms with E-state index in [0.29, 0.717) is 22.4 Å². The first-order valence-corrected chi connectivity index (χ1v) is 7.73. The van der Waals surface area contributed by atoms with Crippen molar-refractivity contribution in [3.63, 3.8) is 0 Å². The molecule has 0 amide bonds. The fourth-order valence-corrected chi connectivity index (χ4v) is 2.54. The summed E-state index contributed by atoms with van der Waals surface area (Å²) in [6.07, 6.45) is 1.88. The zero-order valence-corrected chi connectivity index (χ0v) is 14.2. The molecule has 0 atom stereocenters. The van der Waals surface area contributed by atoms with E-state index in [0.717, 1.165) is 16.9 Å². The summed E-state index contributed by atoms with van der Waals surface area (Å²) >= 11 is 0. The first-order chi connectivity index (χ1) is 12.0. The van der Waals surface area contributed by atoms with Gasteiger partial charge in [0.15, 0.2) is 5.82 Å². The number of hydrogen-bond acceptors (Lipinski definition) is 5. The summed E-state index contributed by atoms with van der Waals surface area (Å²) in [5, 5.41) is 11.8. The lowest BCUT2D eigenvalue weighted by molar-refractivity contribution is -0.384. The largest absolute Gasteiger partial charge is 0.497 e. The van der Waals surface area contributed by atoms with E-state index in [-0.39, 0.29) is 5.69 Å². The van der Waals surface area contributed by atoms with Crippen LogP contribution in [0.1, 0.15) is 19.7 Å². The highest BCUT2D eigenvalue weighted by atomic mass is 16.6. The number of nitro benzene ring substituents is 1. The number of nitro groups is 1. The molecule has 0 aliphatic carbocycles. The molecule has 1 heterocycles. The van der Waals surface area contributed by atoms with Crippen LogP contribution in [0.2, 0.25) is 0 Å². The van der Waals surface area contributed by atoms with E-state index in [1.54, 1.807) is 13.2 Å². The van der Waals surface area contributed by atoms with E-state index in [9.17, 15) is 10.1 Å². The van der Waals surface area contributed by atoms with Crippen LogP contribution in [0, 0.1) is 10.1 Å². The lowest BCUT2D eigenvalue weighted by Crippen LogP contribution is -1.96. The van der Waals surface area contributed by atoms with Gasteiger partial charge >= 0.3 is 0 Å². The van der Waals surface area contributed by atoms with Gasteiger partial charge in [-0.15, -0.1) is 0 Å². The average molecular weight is 335 g/mol. The van der Waals surface area contributed by atoms with Crippen molar-refractivity contribution in [2.75, 3.05) is 7.11 Å². The Morgan fingerprint density at radius 2 is 1.84 bits per heavy atom. The Morgan fingerprint density at radius 3 is 2.44 bits per heavy atom. The second kappa shape index (κ2) is 6.68. The van der Waals surface area contributed by atoms with Crippen molar-refractivity contribution < 1.29 is 9.66 Å². The van der Waals surface area contributed by atoms with Crippen molar-refractivity contribution in [3.05, 3.63) is 64.0 Å². The smallest absolute Gasteiger partial charge is 0.270 e.